The van der Waals surface area contributed by atoms with Crippen molar-refractivity contribution in [2.45, 2.75) is 12.1 Å². The van der Waals surface area contributed by atoms with Crippen LogP contribution in [0, 0.1) is 0 Å². The molecule has 0 heterocycles. The van der Waals surface area contributed by atoms with Gasteiger partial charge in [-0.1, -0.05) is 0 Å². The third kappa shape index (κ3) is 3.19. The third-order valence-electron chi connectivity index (χ3n) is 1.15. The number of ketones is 1. The molecule has 11 heavy (non-hydrogen) atoms. The second-order valence-corrected chi connectivity index (χ2v) is 2.15. The summed E-state index contributed by atoms with van der Waals surface area (Å²) >= 11 is 0. The molecule has 0 amide bonds. The van der Waals surface area contributed by atoms with E-state index in [-0.39, 0.29) is 13.0 Å². The van der Waals surface area contributed by atoms with Crippen LogP contribution < -0.4 is 17.4 Å². The number of carbonyl (C=O) groups is 2. The molecule has 0 aromatic rings. The number of hydrogen-bond donors (Lipinski definition) is 3. The molecule has 0 aliphatic rings. The standard InChI is InChI=1S/C5H11N3O3/c6-5(7,1-2-9)4(10)3-11-8/h2H,1,3,6-8H2. The van der Waals surface area contributed by atoms with E-state index in [1.807, 2.05) is 0 Å². The van der Waals surface area contributed by atoms with Gasteiger partial charge in [-0.15, -0.1) is 0 Å². The molecule has 0 aliphatic heterocycles. The van der Waals surface area contributed by atoms with E-state index in [1.165, 1.54) is 0 Å². The van der Waals surface area contributed by atoms with Crippen molar-refractivity contribution in [3.63, 3.8) is 0 Å². The van der Waals surface area contributed by atoms with Gasteiger partial charge in [0.25, 0.3) is 0 Å². The van der Waals surface area contributed by atoms with E-state index >= 15 is 0 Å². The Balaban J connectivity index is 4.05. The lowest BCUT2D eigenvalue weighted by atomic mass is 10.0. The van der Waals surface area contributed by atoms with Crippen LogP contribution in [0.15, 0.2) is 0 Å². The molecule has 0 unspecified atom stereocenters. The van der Waals surface area contributed by atoms with E-state index < -0.39 is 11.4 Å². The monoisotopic (exact) mass is 161 g/mol. The Morgan fingerprint density at radius 3 is 2.45 bits per heavy atom. The summed E-state index contributed by atoms with van der Waals surface area (Å²) in [6, 6.07) is 0. The van der Waals surface area contributed by atoms with Crippen LogP contribution >= 0.6 is 0 Å². The molecule has 0 saturated carbocycles. The summed E-state index contributed by atoms with van der Waals surface area (Å²) in [5, 5.41) is 0. The molecule has 0 aliphatic carbocycles. The van der Waals surface area contributed by atoms with Crippen molar-refractivity contribution < 1.29 is 14.4 Å². The van der Waals surface area contributed by atoms with Crippen LogP contribution in [-0.4, -0.2) is 24.3 Å². The molecule has 0 atom stereocenters. The number of Topliss-reactive ketones (excluding diaryl/α,β-unsaturated/α-hetero) is 1. The highest BCUT2D eigenvalue weighted by Crippen LogP contribution is 1.96. The summed E-state index contributed by atoms with van der Waals surface area (Å²) in [7, 11) is 0. The first kappa shape index (κ1) is 10.2. The highest BCUT2D eigenvalue weighted by Gasteiger charge is 2.27. The fourth-order valence-electron chi connectivity index (χ4n) is 0.462. The topological polar surface area (TPSA) is 121 Å². The van der Waals surface area contributed by atoms with E-state index in [2.05, 4.69) is 10.7 Å². The van der Waals surface area contributed by atoms with Crippen molar-refractivity contribution in [3.8, 4) is 0 Å². The Hall–Kier alpha value is -0.820. The number of aldehydes is 1. The van der Waals surface area contributed by atoms with Crippen LogP contribution in [0.1, 0.15) is 6.42 Å². The van der Waals surface area contributed by atoms with Gasteiger partial charge in [-0.25, -0.2) is 5.90 Å². The molecular weight excluding hydrogens is 150 g/mol. The number of hydrogen-bond acceptors (Lipinski definition) is 6. The molecule has 0 fully saturated rings. The van der Waals surface area contributed by atoms with Crippen LogP contribution in [0.2, 0.25) is 0 Å². The predicted molar refractivity (Wildman–Crippen MR) is 36.9 cm³/mol. The van der Waals surface area contributed by atoms with Crippen LogP contribution in [0.4, 0.5) is 0 Å². The lowest BCUT2D eigenvalue weighted by molar-refractivity contribution is -0.130. The van der Waals surface area contributed by atoms with Gasteiger partial charge in [0.1, 0.15) is 18.6 Å². The number of carbonyl (C=O) groups excluding carboxylic acids is 2. The molecule has 6 heteroatoms. The highest BCUT2D eigenvalue weighted by atomic mass is 16.6. The average molecular weight is 161 g/mol. The minimum absolute atomic E-state index is 0.241. The van der Waals surface area contributed by atoms with E-state index in [0.29, 0.717) is 6.29 Å². The lowest BCUT2D eigenvalue weighted by Crippen LogP contribution is -2.58. The van der Waals surface area contributed by atoms with Crippen LogP contribution in [0.25, 0.3) is 0 Å². The van der Waals surface area contributed by atoms with Crippen LogP contribution in [-0.2, 0) is 14.4 Å². The molecule has 0 saturated heterocycles. The molecule has 0 aromatic carbocycles. The maximum atomic E-state index is 10.8. The smallest absolute Gasteiger partial charge is 0.195 e. The Kier molecular flexibility index (Phi) is 3.83. The zero-order valence-electron chi connectivity index (χ0n) is 5.95. The zero-order chi connectivity index (χ0) is 8.91. The van der Waals surface area contributed by atoms with Gasteiger partial charge < -0.3 is 16.3 Å². The Labute approximate surface area is 63.6 Å². The molecule has 64 valence electrons. The van der Waals surface area contributed by atoms with Gasteiger partial charge in [0.15, 0.2) is 5.78 Å². The van der Waals surface area contributed by atoms with Crippen LogP contribution in [0.3, 0.4) is 0 Å². The molecule has 6 N–H and O–H groups in total. The SMILES string of the molecule is NOCC(=O)C(N)(N)CC=O. The largest absolute Gasteiger partial charge is 0.307 e. The Morgan fingerprint density at radius 1 is 1.55 bits per heavy atom. The van der Waals surface area contributed by atoms with Gasteiger partial charge in [0.2, 0.25) is 0 Å². The van der Waals surface area contributed by atoms with Crippen molar-refractivity contribution >= 4 is 12.1 Å². The molecular formula is C5H11N3O3. The Morgan fingerprint density at radius 2 is 2.09 bits per heavy atom. The molecule has 6 nitrogen and oxygen atoms in total. The summed E-state index contributed by atoms with van der Waals surface area (Å²) < 4.78 is 0. The van der Waals surface area contributed by atoms with Gasteiger partial charge in [-0.2, -0.15) is 0 Å². The summed E-state index contributed by atoms with van der Waals surface area (Å²) in [6.45, 7) is -0.388. The van der Waals surface area contributed by atoms with Gasteiger partial charge in [0, 0.05) is 6.42 Å². The maximum absolute atomic E-state index is 10.8. The molecule has 0 rings (SSSR count). The van der Waals surface area contributed by atoms with Gasteiger partial charge >= 0.3 is 0 Å². The molecule has 0 radical (unpaired) electrons. The number of rotatable bonds is 5. The maximum Gasteiger partial charge on any atom is 0.195 e. The third-order valence-corrected chi connectivity index (χ3v) is 1.15. The van der Waals surface area contributed by atoms with Gasteiger partial charge in [0.05, 0.1) is 0 Å². The van der Waals surface area contributed by atoms with Crippen molar-refractivity contribution in [2.75, 3.05) is 6.61 Å². The van der Waals surface area contributed by atoms with Crippen LogP contribution in [0.5, 0.6) is 0 Å². The van der Waals surface area contributed by atoms with Crippen molar-refractivity contribution in [1.29, 1.82) is 0 Å². The average Bonchev–Trinajstić information content (AvgIpc) is 1.88. The summed E-state index contributed by atoms with van der Waals surface area (Å²) in [5.74, 6) is 4.00. The minimum Gasteiger partial charge on any atom is -0.307 e. The highest BCUT2D eigenvalue weighted by molar-refractivity contribution is 5.90. The van der Waals surface area contributed by atoms with Gasteiger partial charge in [-0.3, -0.25) is 9.63 Å². The van der Waals surface area contributed by atoms with Crippen molar-refractivity contribution in [3.05, 3.63) is 0 Å². The second kappa shape index (κ2) is 4.14. The first-order chi connectivity index (χ1) is 5.04. The molecule has 0 bridgehead atoms. The number of nitrogens with two attached hydrogens (primary N) is 3. The molecule has 0 aromatic heterocycles. The normalized spacial score (nSPS) is 11.2. The molecule has 0 spiro atoms. The van der Waals surface area contributed by atoms with E-state index in [0.717, 1.165) is 0 Å². The zero-order valence-corrected chi connectivity index (χ0v) is 5.95. The van der Waals surface area contributed by atoms with E-state index in [9.17, 15) is 9.59 Å². The second-order valence-electron chi connectivity index (χ2n) is 2.15. The van der Waals surface area contributed by atoms with Crippen molar-refractivity contribution in [1.82, 2.24) is 0 Å². The summed E-state index contributed by atoms with van der Waals surface area (Å²) in [6.07, 6.45) is 0.226. The van der Waals surface area contributed by atoms with E-state index in [4.69, 9.17) is 11.5 Å². The quantitative estimate of drug-likeness (QED) is 0.236. The van der Waals surface area contributed by atoms with Gasteiger partial charge in [-0.05, 0) is 0 Å². The van der Waals surface area contributed by atoms with Crippen molar-refractivity contribution in [2.24, 2.45) is 17.4 Å². The fraction of sp³-hybridized carbons (Fsp3) is 0.600. The first-order valence-corrected chi connectivity index (χ1v) is 2.91. The first-order valence-electron chi connectivity index (χ1n) is 2.91. The Bertz CT molecular complexity index is 157. The fourth-order valence-corrected chi connectivity index (χ4v) is 0.462. The summed E-state index contributed by atoms with van der Waals surface area (Å²) in [4.78, 5) is 24.8. The lowest BCUT2D eigenvalue weighted by Gasteiger charge is -2.18. The van der Waals surface area contributed by atoms with E-state index in [1.54, 1.807) is 0 Å². The summed E-state index contributed by atoms with van der Waals surface area (Å²) in [5.41, 5.74) is 8.78. The minimum atomic E-state index is -1.65. The predicted octanol–water partition coefficient (Wildman–Crippen LogP) is -2.35.